The molecule has 0 aliphatic heterocycles. The van der Waals surface area contributed by atoms with Gasteiger partial charge in [0.2, 0.25) is 0 Å². The minimum absolute atomic E-state index is 0.0513. The molecule has 1 nitrogen and oxygen atoms in total. The highest BCUT2D eigenvalue weighted by atomic mass is 35.5. The van der Waals surface area contributed by atoms with Crippen LogP contribution in [-0.4, -0.2) is 17.4 Å². The van der Waals surface area contributed by atoms with E-state index in [1.54, 1.807) is 18.2 Å². The molecule has 3 atom stereocenters. The normalized spacial score (nSPS) is 24.9. The van der Waals surface area contributed by atoms with Crippen molar-refractivity contribution in [1.29, 1.82) is 0 Å². The number of benzene rings is 1. The number of aliphatic hydroxyl groups excluding tert-OH is 1. The van der Waals surface area contributed by atoms with E-state index in [1.165, 1.54) is 0 Å². The van der Waals surface area contributed by atoms with Crippen molar-refractivity contribution in [2.75, 3.05) is 0 Å². The van der Waals surface area contributed by atoms with E-state index >= 15 is 0 Å². The van der Waals surface area contributed by atoms with Gasteiger partial charge in [-0.25, -0.2) is 0 Å². The average Bonchev–Trinajstić information content (AvgIpc) is 2.42. The van der Waals surface area contributed by atoms with Gasteiger partial charge in [-0.15, -0.1) is 0 Å². The van der Waals surface area contributed by atoms with Crippen LogP contribution in [0.5, 0.6) is 0 Å². The number of halogens is 5. The maximum Gasteiger partial charge on any atom is 0.392 e. The van der Waals surface area contributed by atoms with Crippen LogP contribution in [0.1, 0.15) is 31.2 Å². The van der Waals surface area contributed by atoms with Crippen LogP contribution < -0.4 is 0 Å². The third kappa shape index (κ3) is 4.05. The lowest BCUT2D eigenvalue weighted by atomic mass is 9.74. The Bertz CT molecular complexity index is 470. The summed E-state index contributed by atoms with van der Waals surface area (Å²) in [6.45, 7) is 0. The Hall–Kier alpha value is -0.450. The van der Waals surface area contributed by atoms with Crippen molar-refractivity contribution in [1.82, 2.24) is 0 Å². The SMILES string of the molecule is OC(Cc1c(Cl)cccc1Cl)C1CCCCC1C(F)(F)F. The van der Waals surface area contributed by atoms with Crippen LogP contribution in [0.4, 0.5) is 13.2 Å². The van der Waals surface area contributed by atoms with Crippen molar-refractivity contribution >= 4 is 23.2 Å². The Labute approximate surface area is 132 Å². The highest BCUT2D eigenvalue weighted by Crippen LogP contribution is 2.43. The molecule has 0 aromatic heterocycles. The number of hydrogen-bond donors (Lipinski definition) is 1. The topological polar surface area (TPSA) is 20.2 Å². The van der Waals surface area contributed by atoms with Crippen molar-refractivity contribution in [2.24, 2.45) is 11.8 Å². The Morgan fingerprint density at radius 2 is 1.71 bits per heavy atom. The standard InChI is InChI=1S/C15H17Cl2F3O/c16-12-6-3-7-13(17)10(12)8-14(21)9-4-1-2-5-11(9)15(18,19)20/h3,6-7,9,11,14,21H,1-2,4-5,8H2. The summed E-state index contributed by atoms with van der Waals surface area (Å²) in [6, 6.07) is 4.91. The average molecular weight is 341 g/mol. The molecule has 0 spiro atoms. The van der Waals surface area contributed by atoms with Crippen LogP contribution in [0.15, 0.2) is 18.2 Å². The summed E-state index contributed by atoms with van der Waals surface area (Å²) in [4.78, 5) is 0. The van der Waals surface area contributed by atoms with Gasteiger partial charge in [-0.2, -0.15) is 13.2 Å². The van der Waals surface area contributed by atoms with Gasteiger partial charge in [0.25, 0.3) is 0 Å². The zero-order chi connectivity index (χ0) is 15.6. The molecule has 1 saturated carbocycles. The minimum Gasteiger partial charge on any atom is -0.392 e. The van der Waals surface area contributed by atoms with Crippen LogP contribution >= 0.6 is 23.2 Å². The first kappa shape index (κ1) is 16.9. The van der Waals surface area contributed by atoms with Gasteiger partial charge in [-0.1, -0.05) is 42.1 Å². The van der Waals surface area contributed by atoms with Gasteiger partial charge in [0.15, 0.2) is 0 Å². The second-order valence-corrected chi connectivity index (χ2v) is 6.38. The van der Waals surface area contributed by atoms with Gasteiger partial charge in [-0.05, 0) is 36.5 Å². The molecule has 0 heterocycles. The molecular formula is C15H17Cl2F3O. The van der Waals surface area contributed by atoms with Crippen LogP contribution in [0, 0.1) is 11.8 Å². The van der Waals surface area contributed by atoms with Gasteiger partial charge in [0.05, 0.1) is 12.0 Å². The van der Waals surface area contributed by atoms with Crippen molar-refractivity contribution in [3.8, 4) is 0 Å². The summed E-state index contributed by atoms with van der Waals surface area (Å²) in [5, 5.41) is 11.0. The number of aliphatic hydroxyl groups is 1. The van der Waals surface area contributed by atoms with Crippen molar-refractivity contribution in [3.63, 3.8) is 0 Å². The van der Waals surface area contributed by atoms with Gasteiger partial charge < -0.3 is 5.11 Å². The van der Waals surface area contributed by atoms with Crippen molar-refractivity contribution < 1.29 is 18.3 Å². The summed E-state index contributed by atoms with van der Waals surface area (Å²) in [7, 11) is 0. The molecular weight excluding hydrogens is 324 g/mol. The van der Waals surface area contributed by atoms with E-state index in [0.29, 0.717) is 34.9 Å². The molecule has 1 aromatic rings. The maximum atomic E-state index is 13.1. The summed E-state index contributed by atoms with van der Waals surface area (Å²) >= 11 is 12.0. The van der Waals surface area contributed by atoms with Crippen LogP contribution in [0.25, 0.3) is 0 Å². The minimum atomic E-state index is -4.27. The Kier molecular flexibility index (Phi) is 5.44. The molecule has 1 aromatic carbocycles. The van der Waals surface area contributed by atoms with Crippen LogP contribution in [-0.2, 0) is 6.42 Å². The molecule has 6 heteroatoms. The fourth-order valence-electron chi connectivity index (χ4n) is 3.11. The van der Waals surface area contributed by atoms with E-state index in [4.69, 9.17) is 23.2 Å². The van der Waals surface area contributed by atoms with Crippen molar-refractivity contribution in [3.05, 3.63) is 33.8 Å². The summed E-state index contributed by atoms with van der Waals surface area (Å²) in [5.41, 5.74) is 0.514. The van der Waals surface area contributed by atoms with Gasteiger partial charge >= 0.3 is 6.18 Å². The smallest absolute Gasteiger partial charge is 0.392 e. The number of rotatable bonds is 3. The lowest BCUT2D eigenvalue weighted by Crippen LogP contribution is -2.40. The molecule has 21 heavy (non-hydrogen) atoms. The highest BCUT2D eigenvalue weighted by Gasteiger charge is 2.47. The molecule has 1 N–H and O–H groups in total. The highest BCUT2D eigenvalue weighted by molar-refractivity contribution is 6.35. The van der Waals surface area contributed by atoms with E-state index in [-0.39, 0.29) is 12.8 Å². The third-order valence-electron chi connectivity index (χ3n) is 4.21. The Morgan fingerprint density at radius 3 is 2.29 bits per heavy atom. The summed E-state index contributed by atoms with van der Waals surface area (Å²) < 4.78 is 39.3. The molecule has 0 amide bonds. The molecule has 1 aliphatic carbocycles. The largest absolute Gasteiger partial charge is 0.392 e. The predicted octanol–water partition coefficient (Wildman–Crippen LogP) is 5.27. The van der Waals surface area contributed by atoms with E-state index in [9.17, 15) is 18.3 Å². The third-order valence-corrected chi connectivity index (χ3v) is 4.92. The monoisotopic (exact) mass is 340 g/mol. The number of hydrogen-bond acceptors (Lipinski definition) is 1. The maximum absolute atomic E-state index is 13.1. The second kappa shape index (κ2) is 6.76. The molecule has 1 aliphatic rings. The quantitative estimate of drug-likeness (QED) is 0.795. The van der Waals surface area contributed by atoms with Gasteiger partial charge in [0.1, 0.15) is 0 Å². The first-order valence-electron chi connectivity index (χ1n) is 6.98. The first-order chi connectivity index (χ1) is 9.80. The number of alkyl halides is 3. The van der Waals surface area contributed by atoms with E-state index in [1.807, 2.05) is 0 Å². The molecule has 3 unspecified atom stereocenters. The lowest BCUT2D eigenvalue weighted by molar-refractivity contribution is -0.206. The molecule has 0 bridgehead atoms. The van der Waals surface area contributed by atoms with Crippen molar-refractivity contribution in [2.45, 2.75) is 44.4 Å². The first-order valence-corrected chi connectivity index (χ1v) is 7.74. The Balaban J connectivity index is 2.16. The second-order valence-electron chi connectivity index (χ2n) is 5.57. The molecule has 2 rings (SSSR count). The zero-order valence-corrected chi connectivity index (χ0v) is 12.8. The lowest BCUT2D eigenvalue weighted by Gasteiger charge is -2.36. The van der Waals surface area contributed by atoms with E-state index < -0.39 is 24.1 Å². The fraction of sp³-hybridized carbons (Fsp3) is 0.600. The zero-order valence-electron chi connectivity index (χ0n) is 11.3. The van der Waals surface area contributed by atoms with E-state index in [2.05, 4.69) is 0 Å². The van der Waals surface area contributed by atoms with Gasteiger partial charge in [0, 0.05) is 16.5 Å². The van der Waals surface area contributed by atoms with Crippen LogP contribution in [0.2, 0.25) is 10.0 Å². The van der Waals surface area contributed by atoms with Gasteiger partial charge in [-0.3, -0.25) is 0 Å². The predicted molar refractivity (Wildman–Crippen MR) is 77.7 cm³/mol. The summed E-state index contributed by atoms with van der Waals surface area (Å²) in [5.74, 6) is -2.23. The van der Waals surface area contributed by atoms with Crippen LogP contribution in [0.3, 0.4) is 0 Å². The fourth-order valence-corrected chi connectivity index (χ4v) is 3.67. The Morgan fingerprint density at radius 1 is 1.14 bits per heavy atom. The summed E-state index contributed by atoms with van der Waals surface area (Å²) in [6.07, 6.45) is -3.57. The molecule has 1 fully saturated rings. The molecule has 118 valence electrons. The van der Waals surface area contributed by atoms with E-state index in [0.717, 1.165) is 0 Å². The molecule has 0 radical (unpaired) electrons. The molecule has 0 saturated heterocycles.